The van der Waals surface area contributed by atoms with Crippen LogP contribution in [0.2, 0.25) is 0 Å². The van der Waals surface area contributed by atoms with Gasteiger partial charge in [0.05, 0.1) is 5.25 Å². The molecule has 1 aromatic carbocycles. The van der Waals surface area contributed by atoms with Gasteiger partial charge in [-0.2, -0.15) is 0 Å². The minimum atomic E-state index is -3.34. The van der Waals surface area contributed by atoms with Crippen molar-refractivity contribution in [3.8, 4) is 22.1 Å². The number of nitrogens with two attached hydrogens (primary N) is 1. The van der Waals surface area contributed by atoms with E-state index in [9.17, 15) is 8.42 Å². The number of fused-ring (bicyclic) bond motifs is 2. The van der Waals surface area contributed by atoms with E-state index in [4.69, 9.17) is 20.2 Å². The van der Waals surface area contributed by atoms with Crippen LogP contribution in [-0.2, 0) is 16.6 Å². The molecule has 4 heterocycles. The van der Waals surface area contributed by atoms with Crippen molar-refractivity contribution in [3.63, 3.8) is 0 Å². The average Bonchev–Trinajstić information content (AvgIpc) is 3.57. The number of nitrogen functional groups attached to an aromatic ring is 1. The molecule has 0 spiro atoms. The zero-order chi connectivity index (χ0) is 24.6. The Kier molecular flexibility index (Phi) is 6.53. The quantitative estimate of drug-likeness (QED) is 0.308. The Morgan fingerprint density at radius 2 is 2.03 bits per heavy atom. The van der Waals surface area contributed by atoms with E-state index in [1.165, 1.54) is 29.4 Å². The summed E-state index contributed by atoms with van der Waals surface area (Å²) in [5.41, 5.74) is 8.07. The molecule has 184 valence electrons. The molecule has 14 heteroatoms. The molecule has 11 nitrogen and oxygen atoms in total. The van der Waals surface area contributed by atoms with Crippen LogP contribution in [0.4, 0.5) is 5.82 Å². The van der Waals surface area contributed by atoms with Gasteiger partial charge in [-0.05, 0) is 32.4 Å². The summed E-state index contributed by atoms with van der Waals surface area (Å²) in [5.74, 6) is 1.60. The second-order valence-electron chi connectivity index (χ2n) is 7.96. The molecule has 35 heavy (non-hydrogen) atoms. The smallest absolute Gasteiger partial charge is 0.231 e. The summed E-state index contributed by atoms with van der Waals surface area (Å²) in [5, 5.41) is 2.91. The number of imidazole rings is 1. The van der Waals surface area contributed by atoms with E-state index in [1.807, 2.05) is 22.1 Å². The summed E-state index contributed by atoms with van der Waals surface area (Å²) in [6.45, 7) is 4.22. The Bertz CT molecular complexity index is 1470. The molecule has 4 aromatic rings. The van der Waals surface area contributed by atoms with E-state index in [2.05, 4.69) is 19.7 Å². The van der Waals surface area contributed by atoms with Crippen molar-refractivity contribution < 1.29 is 17.9 Å². The van der Waals surface area contributed by atoms with Crippen molar-refractivity contribution >= 4 is 50.1 Å². The third-order valence-corrected chi connectivity index (χ3v) is 9.05. The van der Waals surface area contributed by atoms with Gasteiger partial charge in [0.1, 0.15) is 11.3 Å². The van der Waals surface area contributed by atoms with Gasteiger partial charge in [0.15, 0.2) is 33.6 Å². The second-order valence-corrected chi connectivity index (χ2v) is 12.2. The summed E-state index contributed by atoms with van der Waals surface area (Å²) in [6.07, 6.45) is 3.69. The minimum absolute atomic E-state index is 0.164. The highest BCUT2D eigenvalue weighted by atomic mass is 32.2. The van der Waals surface area contributed by atoms with Crippen LogP contribution in [0, 0.1) is 0 Å². The second kappa shape index (κ2) is 9.60. The van der Waals surface area contributed by atoms with Crippen LogP contribution < -0.4 is 19.9 Å². The summed E-state index contributed by atoms with van der Waals surface area (Å²) in [6, 6.07) is 3.84. The minimum Gasteiger partial charge on any atom is -0.454 e. The fraction of sp³-hybridized carbons (Fsp3) is 0.333. The number of ether oxygens (including phenoxy) is 2. The number of nitrogens with one attached hydrogen (secondary N) is 1. The van der Waals surface area contributed by atoms with Crippen LogP contribution in [0.15, 0.2) is 40.1 Å². The number of aromatic nitrogens is 5. The van der Waals surface area contributed by atoms with Gasteiger partial charge in [0.25, 0.3) is 0 Å². The van der Waals surface area contributed by atoms with E-state index >= 15 is 0 Å². The summed E-state index contributed by atoms with van der Waals surface area (Å²) >= 11 is 2.95. The third kappa shape index (κ3) is 4.78. The van der Waals surface area contributed by atoms with Crippen molar-refractivity contribution in [2.45, 2.75) is 42.1 Å². The van der Waals surface area contributed by atoms with Gasteiger partial charge in [-0.15, -0.1) is 11.3 Å². The number of sulfonamides is 1. The number of hydrogen-bond donors (Lipinski definition) is 2. The number of anilines is 1. The molecule has 0 atom stereocenters. The van der Waals surface area contributed by atoms with Gasteiger partial charge in [-0.3, -0.25) is 0 Å². The normalized spacial score (nSPS) is 13.2. The zero-order valence-corrected chi connectivity index (χ0v) is 21.4. The van der Waals surface area contributed by atoms with Crippen LogP contribution >= 0.6 is 23.1 Å². The summed E-state index contributed by atoms with van der Waals surface area (Å²) < 4.78 is 39.9. The largest absolute Gasteiger partial charge is 0.454 e. The van der Waals surface area contributed by atoms with Crippen molar-refractivity contribution in [2.24, 2.45) is 0 Å². The fourth-order valence-corrected chi connectivity index (χ4v) is 6.01. The third-order valence-electron chi connectivity index (χ3n) is 5.35. The molecule has 0 unspecified atom stereocenters. The van der Waals surface area contributed by atoms with Crippen molar-refractivity contribution in [1.82, 2.24) is 29.2 Å². The molecule has 0 saturated carbocycles. The van der Waals surface area contributed by atoms with Crippen molar-refractivity contribution in [2.75, 3.05) is 19.1 Å². The van der Waals surface area contributed by atoms with E-state index in [0.29, 0.717) is 47.3 Å². The highest BCUT2D eigenvalue weighted by Gasteiger charge is 2.23. The molecule has 1 aliphatic heterocycles. The number of nitrogens with zero attached hydrogens (tertiary/aromatic N) is 5. The number of benzene rings is 1. The monoisotopic (exact) mass is 533 g/mol. The maximum absolute atomic E-state index is 12.1. The van der Waals surface area contributed by atoms with Gasteiger partial charge in [-0.25, -0.2) is 33.1 Å². The molecule has 5 rings (SSSR count). The zero-order valence-electron chi connectivity index (χ0n) is 19.0. The first-order valence-corrected chi connectivity index (χ1v) is 14.0. The number of aryl methyl sites for hydroxylation is 1. The van der Waals surface area contributed by atoms with Crippen LogP contribution in [0.25, 0.3) is 21.7 Å². The van der Waals surface area contributed by atoms with E-state index < -0.39 is 15.3 Å². The standard InChI is InChI=1S/C21H23N7O4S3/c1-12(2)35(29,30)26-4-3-6-28-19-17(18(22)24-10-25-19)27-21(28)34-16-9-15-14(31-11-32-15)8-13(16)20-23-5-7-33-20/h5,7-10,12,26H,3-4,6,11H2,1-2H3,(H2,22,24,25). The first-order chi connectivity index (χ1) is 16.8. The lowest BCUT2D eigenvalue weighted by Gasteiger charge is -2.12. The Hall–Kier alpha value is -2.94. The highest BCUT2D eigenvalue weighted by molar-refractivity contribution is 7.99. The first kappa shape index (κ1) is 23.8. The average molecular weight is 534 g/mol. The molecule has 1 aliphatic rings. The Morgan fingerprint density at radius 3 is 2.77 bits per heavy atom. The lowest BCUT2D eigenvalue weighted by molar-refractivity contribution is 0.174. The molecule has 3 N–H and O–H groups in total. The Balaban J connectivity index is 1.49. The predicted octanol–water partition coefficient (Wildman–Crippen LogP) is 3.13. The van der Waals surface area contributed by atoms with Gasteiger partial charge in [-0.1, -0.05) is 11.8 Å². The van der Waals surface area contributed by atoms with Crippen LogP contribution in [0.5, 0.6) is 11.5 Å². The van der Waals surface area contributed by atoms with Crippen molar-refractivity contribution in [1.29, 1.82) is 0 Å². The number of rotatable bonds is 9. The van der Waals surface area contributed by atoms with Gasteiger partial charge >= 0.3 is 0 Å². The topological polar surface area (TPSA) is 147 Å². The predicted molar refractivity (Wildman–Crippen MR) is 134 cm³/mol. The van der Waals surface area contributed by atoms with Gasteiger partial charge in [0.2, 0.25) is 16.8 Å². The molecule has 3 aromatic heterocycles. The lowest BCUT2D eigenvalue weighted by Crippen LogP contribution is -2.31. The van der Waals surface area contributed by atoms with Gasteiger partial charge < -0.3 is 19.8 Å². The van der Waals surface area contributed by atoms with Gasteiger partial charge in [0, 0.05) is 35.1 Å². The Labute approximate surface area is 210 Å². The molecule has 0 amide bonds. The van der Waals surface area contributed by atoms with Crippen LogP contribution in [-0.4, -0.2) is 51.5 Å². The number of thiazole rings is 1. The summed E-state index contributed by atoms with van der Waals surface area (Å²) in [7, 11) is -3.34. The molecule has 0 fully saturated rings. The molecule has 0 radical (unpaired) electrons. The maximum Gasteiger partial charge on any atom is 0.231 e. The first-order valence-electron chi connectivity index (χ1n) is 10.8. The molecular weight excluding hydrogens is 510 g/mol. The lowest BCUT2D eigenvalue weighted by atomic mass is 10.2. The maximum atomic E-state index is 12.1. The highest BCUT2D eigenvalue weighted by Crippen LogP contribution is 2.45. The fourth-order valence-electron chi connectivity index (χ4n) is 3.46. The van der Waals surface area contributed by atoms with E-state index in [1.54, 1.807) is 20.0 Å². The Morgan fingerprint density at radius 1 is 1.23 bits per heavy atom. The molecule has 0 aliphatic carbocycles. The summed E-state index contributed by atoms with van der Waals surface area (Å²) in [4.78, 5) is 18.5. The number of hydrogen-bond acceptors (Lipinski definition) is 11. The SMILES string of the molecule is CC(C)S(=O)(=O)NCCCn1c(Sc2cc3c(cc2-c2nccs2)OCO3)nc2c(N)ncnc21. The van der Waals surface area contributed by atoms with Crippen LogP contribution in [0.1, 0.15) is 20.3 Å². The molecule has 0 saturated heterocycles. The van der Waals surface area contributed by atoms with E-state index in [-0.39, 0.29) is 12.6 Å². The van der Waals surface area contributed by atoms with E-state index in [0.717, 1.165) is 15.5 Å². The van der Waals surface area contributed by atoms with Crippen molar-refractivity contribution in [3.05, 3.63) is 30.0 Å². The molecule has 0 bridgehead atoms. The molecular formula is C21H23N7O4S3. The van der Waals surface area contributed by atoms with Crippen LogP contribution in [0.3, 0.4) is 0 Å².